The van der Waals surface area contributed by atoms with Crippen LogP contribution in [0.5, 0.6) is 0 Å². The van der Waals surface area contributed by atoms with Crippen molar-refractivity contribution in [3.05, 3.63) is 79.1 Å². The van der Waals surface area contributed by atoms with E-state index in [1.807, 2.05) is 59.8 Å². The second kappa shape index (κ2) is 22.3. The van der Waals surface area contributed by atoms with Gasteiger partial charge in [0.15, 0.2) is 0 Å². The molecule has 31 heavy (non-hydrogen) atoms. The van der Waals surface area contributed by atoms with Gasteiger partial charge in [0.1, 0.15) is 5.83 Å². The number of likely N-dealkylation sites (N-methyl/N-ethyl adjacent to an activating group) is 1. The van der Waals surface area contributed by atoms with Crippen LogP contribution in [-0.4, -0.2) is 36.6 Å². The molecule has 0 radical (unpaired) electrons. The molecule has 1 atom stereocenters. The van der Waals surface area contributed by atoms with Gasteiger partial charge in [-0.05, 0) is 25.6 Å². The Bertz CT molecular complexity index is 646. The van der Waals surface area contributed by atoms with Gasteiger partial charge in [-0.15, -0.1) is 13.2 Å². The molecule has 0 aliphatic rings. The second-order valence-electron chi connectivity index (χ2n) is 5.70. The topological polar surface area (TPSA) is 57.1 Å². The van der Waals surface area contributed by atoms with Crippen molar-refractivity contribution >= 4 is 5.57 Å². The highest BCUT2D eigenvalue weighted by molar-refractivity contribution is 5.81. The summed E-state index contributed by atoms with van der Waals surface area (Å²) in [4.78, 5) is 5.45. The van der Waals surface area contributed by atoms with Crippen molar-refractivity contribution in [3.63, 3.8) is 0 Å². The standard InChI is InChI=1S/C20H29FN4.3C2H6/c1-6-9-25(10-7-2)15(4)19-11-17(14-24-19)20(18(21)12-22)16(8-3)13-23-5;3*1-2/h6-8,11-12,14-15,23-24H,1-3,9-10,13,22H2,4-5H3;3*1-2H3/b18-12+,20-16-;;;. The third kappa shape index (κ3) is 11.6. The Hall–Kier alpha value is -2.37. The van der Waals surface area contributed by atoms with Gasteiger partial charge in [0.2, 0.25) is 0 Å². The van der Waals surface area contributed by atoms with E-state index in [1.165, 1.54) is 0 Å². The number of rotatable bonds is 11. The summed E-state index contributed by atoms with van der Waals surface area (Å²) in [5.74, 6) is -0.475. The predicted octanol–water partition coefficient (Wildman–Crippen LogP) is 6.76. The zero-order valence-corrected chi connectivity index (χ0v) is 21.2. The number of aromatic nitrogens is 1. The van der Waals surface area contributed by atoms with Gasteiger partial charge < -0.3 is 16.0 Å². The van der Waals surface area contributed by atoms with Gasteiger partial charge in [0.05, 0.1) is 0 Å². The minimum atomic E-state index is -0.475. The van der Waals surface area contributed by atoms with Crippen LogP contribution in [0.25, 0.3) is 5.57 Å². The number of allylic oxidation sites excluding steroid dienone is 2. The first kappa shape index (κ1) is 33.3. The van der Waals surface area contributed by atoms with Crippen LogP contribution in [0.1, 0.15) is 65.8 Å². The maximum atomic E-state index is 14.4. The van der Waals surface area contributed by atoms with Gasteiger partial charge in [0, 0.05) is 54.9 Å². The van der Waals surface area contributed by atoms with E-state index < -0.39 is 5.83 Å². The minimum Gasteiger partial charge on any atom is -0.402 e. The maximum absolute atomic E-state index is 14.4. The normalized spacial score (nSPS) is 12.0. The molecular weight excluding hydrogens is 387 g/mol. The molecule has 1 aromatic rings. The fraction of sp³-hybridized carbons (Fsp3) is 0.462. The Labute approximate surface area is 191 Å². The lowest BCUT2D eigenvalue weighted by molar-refractivity contribution is 0.256. The SMILES string of the molecule is C=CCN(CC=C)C(C)c1cc(C(=C(\C=C)CNC)/C(F)=C\N)c[nH]1.CC.CC.CC. The molecule has 0 bridgehead atoms. The number of H-pyrrole nitrogens is 1. The molecule has 1 aromatic heterocycles. The summed E-state index contributed by atoms with van der Waals surface area (Å²) < 4.78 is 14.4. The van der Waals surface area contributed by atoms with Crippen molar-refractivity contribution in [2.75, 3.05) is 26.7 Å². The fourth-order valence-electron chi connectivity index (χ4n) is 2.73. The highest BCUT2D eigenvalue weighted by Crippen LogP contribution is 2.30. The number of hydrogen-bond acceptors (Lipinski definition) is 3. The third-order valence-electron chi connectivity index (χ3n) is 4.04. The Morgan fingerprint density at radius 1 is 1.13 bits per heavy atom. The zero-order valence-electron chi connectivity index (χ0n) is 21.2. The number of halogens is 1. The fourth-order valence-corrected chi connectivity index (χ4v) is 2.73. The molecule has 0 spiro atoms. The number of aromatic amines is 1. The molecule has 178 valence electrons. The average molecular weight is 435 g/mol. The van der Waals surface area contributed by atoms with Crippen LogP contribution in [0.15, 0.2) is 67.8 Å². The second-order valence-corrected chi connectivity index (χ2v) is 5.70. The molecule has 0 amide bonds. The highest BCUT2D eigenvalue weighted by atomic mass is 19.1. The van der Waals surface area contributed by atoms with E-state index in [9.17, 15) is 4.39 Å². The monoisotopic (exact) mass is 434 g/mol. The predicted molar refractivity (Wildman–Crippen MR) is 140 cm³/mol. The van der Waals surface area contributed by atoms with E-state index in [4.69, 9.17) is 5.73 Å². The molecule has 0 aromatic carbocycles. The zero-order chi connectivity index (χ0) is 24.8. The first-order valence-electron chi connectivity index (χ1n) is 11.3. The smallest absolute Gasteiger partial charge is 0.146 e. The van der Waals surface area contributed by atoms with E-state index in [-0.39, 0.29) is 6.04 Å². The lowest BCUT2D eigenvalue weighted by Gasteiger charge is -2.25. The van der Waals surface area contributed by atoms with Crippen molar-refractivity contribution < 1.29 is 4.39 Å². The number of nitrogens with zero attached hydrogens (tertiary/aromatic N) is 1. The molecule has 1 heterocycles. The molecule has 0 aliphatic carbocycles. The van der Waals surface area contributed by atoms with Gasteiger partial charge in [-0.25, -0.2) is 4.39 Å². The summed E-state index contributed by atoms with van der Waals surface area (Å²) in [6, 6.07) is 2.05. The van der Waals surface area contributed by atoms with Crippen molar-refractivity contribution in [2.45, 2.75) is 54.5 Å². The van der Waals surface area contributed by atoms with E-state index >= 15 is 0 Å². The Kier molecular flexibility index (Phi) is 24.0. The van der Waals surface area contributed by atoms with Gasteiger partial charge in [-0.2, -0.15) is 0 Å². The highest BCUT2D eigenvalue weighted by Gasteiger charge is 2.19. The maximum Gasteiger partial charge on any atom is 0.146 e. The molecule has 1 unspecified atom stereocenters. The molecule has 5 heteroatoms. The van der Waals surface area contributed by atoms with Crippen molar-refractivity contribution in [1.29, 1.82) is 0 Å². The largest absolute Gasteiger partial charge is 0.402 e. The van der Waals surface area contributed by atoms with Gasteiger partial charge in [-0.1, -0.05) is 66.3 Å². The summed E-state index contributed by atoms with van der Waals surface area (Å²) in [6.45, 7) is 27.4. The van der Waals surface area contributed by atoms with E-state index in [0.717, 1.165) is 36.1 Å². The summed E-state index contributed by atoms with van der Waals surface area (Å²) in [7, 11) is 1.80. The molecule has 4 nitrogen and oxygen atoms in total. The van der Waals surface area contributed by atoms with E-state index in [0.29, 0.717) is 12.1 Å². The minimum absolute atomic E-state index is 0.104. The summed E-state index contributed by atoms with van der Waals surface area (Å²) in [5, 5.41) is 3.02. The van der Waals surface area contributed by atoms with Gasteiger partial charge in [-0.3, -0.25) is 4.90 Å². The van der Waals surface area contributed by atoms with Crippen LogP contribution < -0.4 is 11.1 Å². The number of hydrogen-bond donors (Lipinski definition) is 3. The lowest BCUT2D eigenvalue weighted by Crippen LogP contribution is -2.27. The van der Waals surface area contributed by atoms with E-state index in [1.54, 1.807) is 19.3 Å². The van der Waals surface area contributed by atoms with Crippen LogP contribution in [0.3, 0.4) is 0 Å². The van der Waals surface area contributed by atoms with Crippen molar-refractivity contribution in [3.8, 4) is 0 Å². The van der Waals surface area contributed by atoms with Gasteiger partial charge in [0.25, 0.3) is 0 Å². The molecule has 0 saturated carbocycles. The molecule has 1 rings (SSSR count). The van der Waals surface area contributed by atoms with Crippen molar-refractivity contribution in [1.82, 2.24) is 15.2 Å². The third-order valence-corrected chi connectivity index (χ3v) is 4.04. The lowest BCUT2D eigenvalue weighted by atomic mass is 10.00. The first-order valence-corrected chi connectivity index (χ1v) is 11.3. The van der Waals surface area contributed by atoms with E-state index in [2.05, 4.69) is 41.9 Å². The quantitative estimate of drug-likeness (QED) is 0.266. The Morgan fingerprint density at radius 2 is 1.65 bits per heavy atom. The Morgan fingerprint density at radius 3 is 2.03 bits per heavy atom. The van der Waals surface area contributed by atoms with Crippen LogP contribution in [0, 0.1) is 0 Å². The molecule has 4 N–H and O–H groups in total. The van der Waals surface area contributed by atoms with Gasteiger partial charge >= 0.3 is 0 Å². The molecule has 0 aliphatic heterocycles. The number of nitrogens with one attached hydrogen (secondary N) is 2. The van der Waals surface area contributed by atoms with Crippen molar-refractivity contribution in [2.24, 2.45) is 5.73 Å². The summed E-state index contributed by atoms with van der Waals surface area (Å²) in [6.07, 6.45) is 8.13. The van der Waals surface area contributed by atoms with Crippen LogP contribution in [-0.2, 0) is 0 Å². The first-order chi connectivity index (χ1) is 15.0. The summed E-state index contributed by atoms with van der Waals surface area (Å²) in [5.41, 5.74) is 8.34. The number of nitrogens with two attached hydrogens (primary N) is 1. The molecular formula is C26H47FN4. The summed E-state index contributed by atoms with van der Waals surface area (Å²) >= 11 is 0. The molecule has 0 saturated heterocycles. The average Bonchev–Trinajstić information content (AvgIpc) is 3.31. The molecule has 0 fully saturated rings. The van der Waals surface area contributed by atoms with Crippen LogP contribution in [0.2, 0.25) is 0 Å². The Balaban J connectivity index is -0.00000120. The van der Waals surface area contributed by atoms with Crippen LogP contribution >= 0.6 is 0 Å². The van der Waals surface area contributed by atoms with Crippen LogP contribution in [0.4, 0.5) is 4.39 Å².